The van der Waals surface area contributed by atoms with E-state index in [1.54, 1.807) is 6.07 Å². The maximum Gasteiger partial charge on any atom is 0.258 e. The van der Waals surface area contributed by atoms with Gasteiger partial charge < -0.3 is 5.32 Å². The molecule has 0 aliphatic carbocycles. The third-order valence-electron chi connectivity index (χ3n) is 4.47. The summed E-state index contributed by atoms with van der Waals surface area (Å²) in [5.74, 6) is -0.0251. The number of rotatable bonds is 7. The van der Waals surface area contributed by atoms with Crippen LogP contribution in [-0.4, -0.2) is 28.6 Å². The quantitative estimate of drug-likeness (QED) is 0.490. The number of thiazole rings is 1. The predicted octanol–water partition coefficient (Wildman–Crippen LogP) is 5.30. The van der Waals surface area contributed by atoms with E-state index in [1.807, 2.05) is 43.5 Å². The molecule has 2 N–H and O–H groups in total. The second-order valence-electron chi connectivity index (χ2n) is 7.30. The Balaban J connectivity index is 1.70. The highest BCUT2D eigenvalue weighted by molar-refractivity contribution is 8.00. The van der Waals surface area contributed by atoms with Crippen molar-refractivity contribution in [2.75, 3.05) is 11.1 Å². The van der Waals surface area contributed by atoms with Crippen LogP contribution in [0.1, 0.15) is 35.3 Å². The molecule has 0 fully saturated rings. The summed E-state index contributed by atoms with van der Waals surface area (Å²) in [6.45, 7) is 7.99. The topological polar surface area (TPSA) is 71.1 Å². The van der Waals surface area contributed by atoms with Gasteiger partial charge >= 0.3 is 0 Å². The van der Waals surface area contributed by atoms with Gasteiger partial charge in [-0.3, -0.25) is 14.9 Å². The maximum atomic E-state index is 12.8. The molecule has 0 saturated carbocycles. The van der Waals surface area contributed by atoms with Crippen molar-refractivity contribution >= 4 is 40.0 Å². The standard InChI is InChI=1S/C23H25N3O2S2/c1-14(2)24-21(27)13-29-20-8-6-5-7-18(20)22(28)26-23-25-19(12-30-23)17-10-9-15(3)16(4)11-17/h5-12,14H,13H2,1-4H3,(H,24,27)(H,25,26,28). The van der Waals surface area contributed by atoms with Crippen molar-refractivity contribution in [3.63, 3.8) is 0 Å². The number of hydrogen-bond acceptors (Lipinski definition) is 5. The van der Waals surface area contributed by atoms with Gasteiger partial charge in [0.1, 0.15) is 0 Å². The first kappa shape index (κ1) is 22.1. The molecule has 0 atom stereocenters. The molecule has 0 bridgehead atoms. The third-order valence-corrected chi connectivity index (χ3v) is 6.30. The van der Waals surface area contributed by atoms with E-state index in [2.05, 4.69) is 41.6 Å². The number of aryl methyl sites for hydroxylation is 2. The van der Waals surface area contributed by atoms with Crippen molar-refractivity contribution in [3.05, 3.63) is 64.5 Å². The lowest BCUT2D eigenvalue weighted by atomic mass is 10.1. The van der Waals surface area contributed by atoms with Crippen molar-refractivity contribution in [2.24, 2.45) is 0 Å². The summed E-state index contributed by atoms with van der Waals surface area (Å²) in [6, 6.07) is 13.6. The van der Waals surface area contributed by atoms with Crippen molar-refractivity contribution in [2.45, 2.75) is 38.6 Å². The highest BCUT2D eigenvalue weighted by atomic mass is 32.2. The zero-order chi connectivity index (χ0) is 21.7. The fourth-order valence-corrected chi connectivity index (χ4v) is 4.39. The van der Waals surface area contributed by atoms with Gasteiger partial charge in [-0.15, -0.1) is 23.1 Å². The Morgan fingerprint density at radius 3 is 2.60 bits per heavy atom. The number of nitrogens with zero attached hydrogens (tertiary/aromatic N) is 1. The summed E-state index contributed by atoms with van der Waals surface area (Å²) in [6.07, 6.45) is 0. The fraction of sp³-hybridized carbons (Fsp3) is 0.261. The van der Waals surface area contributed by atoms with Gasteiger partial charge in [0.2, 0.25) is 5.91 Å². The lowest BCUT2D eigenvalue weighted by Gasteiger charge is -2.10. The van der Waals surface area contributed by atoms with Crippen LogP contribution in [0.5, 0.6) is 0 Å². The van der Waals surface area contributed by atoms with Crippen molar-refractivity contribution in [1.82, 2.24) is 10.3 Å². The van der Waals surface area contributed by atoms with Gasteiger partial charge in [-0.05, 0) is 57.0 Å². The molecule has 2 amide bonds. The first-order valence-electron chi connectivity index (χ1n) is 9.69. The Labute approximate surface area is 185 Å². The summed E-state index contributed by atoms with van der Waals surface area (Å²) in [5, 5.41) is 8.24. The number of carbonyl (C=O) groups is 2. The van der Waals surface area contributed by atoms with Gasteiger partial charge in [0.25, 0.3) is 5.91 Å². The Bertz CT molecular complexity index is 1060. The van der Waals surface area contributed by atoms with Crippen LogP contribution >= 0.6 is 23.1 Å². The number of benzene rings is 2. The minimum atomic E-state index is -0.233. The molecule has 5 nitrogen and oxygen atoms in total. The molecule has 0 aliphatic rings. The fourth-order valence-electron chi connectivity index (χ4n) is 2.82. The molecule has 1 aromatic heterocycles. The van der Waals surface area contributed by atoms with E-state index in [0.29, 0.717) is 10.7 Å². The number of carbonyl (C=O) groups excluding carboxylic acids is 2. The third kappa shape index (κ3) is 5.70. The molecule has 1 heterocycles. The zero-order valence-corrected chi connectivity index (χ0v) is 19.1. The van der Waals surface area contributed by atoms with Crippen LogP contribution in [0, 0.1) is 13.8 Å². The summed E-state index contributed by atoms with van der Waals surface area (Å²) >= 11 is 2.75. The molecule has 30 heavy (non-hydrogen) atoms. The monoisotopic (exact) mass is 439 g/mol. The smallest absolute Gasteiger partial charge is 0.258 e. The number of aromatic nitrogens is 1. The first-order valence-corrected chi connectivity index (χ1v) is 11.6. The average molecular weight is 440 g/mol. The molecule has 0 aliphatic heterocycles. The number of nitrogens with one attached hydrogen (secondary N) is 2. The highest BCUT2D eigenvalue weighted by Gasteiger charge is 2.15. The van der Waals surface area contributed by atoms with Gasteiger partial charge in [0.05, 0.1) is 17.0 Å². The van der Waals surface area contributed by atoms with E-state index in [1.165, 1.54) is 34.2 Å². The summed E-state index contributed by atoms with van der Waals surface area (Å²) in [5.41, 5.74) is 4.84. The second kappa shape index (κ2) is 9.91. The summed E-state index contributed by atoms with van der Waals surface area (Å²) in [4.78, 5) is 30.1. The minimum absolute atomic E-state index is 0.0526. The van der Waals surface area contributed by atoms with Crippen molar-refractivity contribution in [3.8, 4) is 11.3 Å². The lowest BCUT2D eigenvalue weighted by molar-refractivity contribution is -0.119. The predicted molar refractivity (Wildman–Crippen MR) is 125 cm³/mol. The number of amides is 2. The molecule has 3 rings (SSSR count). The van der Waals surface area contributed by atoms with Crippen LogP contribution in [0.3, 0.4) is 0 Å². The normalized spacial score (nSPS) is 10.8. The SMILES string of the molecule is Cc1ccc(-c2csc(NC(=O)c3ccccc3SCC(=O)NC(C)C)n2)cc1C. The zero-order valence-electron chi connectivity index (χ0n) is 17.5. The molecular weight excluding hydrogens is 414 g/mol. The molecule has 0 spiro atoms. The minimum Gasteiger partial charge on any atom is -0.353 e. The van der Waals surface area contributed by atoms with Crippen LogP contribution in [0.15, 0.2) is 52.7 Å². The van der Waals surface area contributed by atoms with Crippen molar-refractivity contribution in [1.29, 1.82) is 0 Å². The Morgan fingerprint density at radius 1 is 1.10 bits per heavy atom. The van der Waals surface area contributed by atoms with Gasteiger partial charge in [0.15, 0.2) is 5.13 Å². The van der Waals surface area contributed by atoms with Gasteiger partial charge in [-0.1, -0.05) is 24.3 Å². The van der Waals surface area contributed by atoms with E-state index in [9.17, 15) is 9.59 Å². The van der Waals surface area contributed by atoms with Gasteiger partial charge in [0, 0.05) is 21.9 Å². The first-order chi connectivity index (χ1) is 14.3. The number of thioether (sulfide) groups is 1. The molecular formula is C23H25N3O2S2. The lowest BCUT2D eigenvalue weighted by Crippen LogP contribution is -2.31. The van der Waals surface area contributed by atoms with E-state index in [0.717, 1.165) is 16.2 Å². The van der Waals surface area contributed by atoms with Crippen LogP contribution in [-0.2, 0) is 4.79 Å². The molecule has 3 aromatic rings. The largest absolute Gasteiger partial charge is 0.353 e. The summed E-state index contributed by atoms with van der Waals surface area (Å²) in [7, 11) is 0. The molecule has 0 radical (unpaired) electrons. The van der Waals surface area contributed by atoms with Crippen LogP contribution in [0.2, 0.25) is 0 Å². The Morgan fingerprint density at radius 2 is 1.87 bits per heavy atom. The van der Waals surface area contributed by atoms with E-state index >= 15 is 0 Å². The Hall–Kier alpha value is -2.64. The summed E-state index contributed by atoms with van der Waals surface area (Å²) < 4.78 is 0. The van der Waals surface area contributed by atoms with Crippen LogP contribution < -0.4 is 10.6 Å². The van der Waals surface area contributed by atoms with Gasteiger partial charge in [-0.2, -0.15) is 0 Å². The van der Waals surface area contributed by atoms with Crippen LogP contribution in [0.25, 0.3) is 11.3 Å². The average Bonchev–Trinajstić information content (AvgIpc) is 3.16. The highest BCUT2D eigenvalue weighted by Crippen LogP contribution is 2.28. The van der Waals surface area contributed by atoms with E-state index in [4.69, 9.17) is 0 Å². The van der Waals surface area contributed by atoms with E-state index < -0.39 is 0 Å². The second-order valence-corrected chi connectivity index (χ2v) is 9.17. The van der Waals surface area contributed by atoms with Crippen LogP contribution in [0.4, 0.5) is 5.13 Å². The Kier molecular flexibility index (Phi) is 7.29. The maximum absolute atomic E-state index is 12.8. The molecule has 2 aromatic carbocycles. The molecule has 0 unspecified atom stereocenters. The van der Waals surface area contributed by atoms with Gasteiger partial charge in [-0.25, -0.2) is 4.98 Å². The molecule has 7 heteroatoms. The number of anilines is 1. The van der Waals surface area contributed by atoms with E-state index in [-0.39, 0.29) is 23.6 Å². The molecule has 0 saturated heterocycles. The molecule has 156 valence electrons. The number of hydrogen-bond donors (Lipinski definition) is 2. The van der Waals surface area contributed by atoms with Crippen molar-refractivity contribution < 1.29 is 9.59 Å².